The van der Waals surface area contributed by atoms with E-state index in [-0.39, 0.29) is 43.4 Å². The van der Waals surface area contributed by atoms with Crippen LogP contribution < -0.4 is 11.5 Å². The van der Waals surface area contributed by atoms with Crippen molar-refractivity contribution < 1.29 is 39.0 Å². The summed E-state index contributed by atoms with van der Waals surface area (Å²) in [6.07, 6.45) is 0.0695. The number of primary amides is 2. The molecule has 6 N–H and O–H groups in total. The van der Waals surface area contributed by atoms with E-state index in [1.54, 1.807) is 6.07 Å². The Hall–Kier alpha value is -3.40. The molecular formula is C22H22N2O8. The average Bonchev–Trinajstić information content (AvgIpc) is 2.69. The Bertz CT molecular complexity index is 1110. The zero-order valence-electron chi connectivity index (χ0n) is 17.0. The fourth-order valence-corrected chi connectivity index (χ4v) is 5.52. The second-order valence-electron chi connectivity index (χ2n) is 8.80. The number of benzene rings is 1. The number of carbonyl (C=O) groups excluding carboxylic acids is 6. The first kappa shape index (κ1) is 21.8. The Kier molecular flexibility index (Phi) is 5.00. The van der Waals surface area contributed by atoms with Crippen LogP contribution in [0.15, 0.2) is 12.1 Å². The molecule has 0 aromatic heterocycles. The summed E-state index contributed by atoms with van der Waals surface area (Å²) in [5, 5.41) is 21.5. The van der Waals surface area contributed by atoms with Gasteiger partial charge in [-0.15, -0.1) is 0 Å². The van der Waals surface area contributed by atoms with Crippen LogP contribution in [0.1, 0.15) is 40.7 Å². The van der Waals surface area contributed by atoms with E-state index in [4.69, 9.17) is 11.5 Å². The topological polar surface area (TPSA) is 195 Å². The maximum absolute atomic E-state index is 13.3. The van der Waals surface area contributed by atoms with Crippen LogP contribution in [-0.4, -0.2) is 50.8 Å². The summed E-state index contributed by atoms with van der Waals surface area (Å²) in [5.74, 6) is -11.0. The first-order chi connectivity index (χ1) is 15.0. The fourth-order valence-electron chi connectivity index (χ4n) is 5.52. The molecule has 168 valence electrons. The van der Waals surface area contributed by atoms with Gasteiger partial charge in [-0.1, -0.05) is 6.07 Å². The maximum Gasteiger partial charge on any atom is 0.235 e. The second-order valence-corrected chi connectivity index (χ2v) is 8.80. The highest BCUT2D eigenvalue weighted by Crippen LogP contribution is 2.50. The van der Waals surface area contributed by atoms with Crippen molar-refractivity contribution in [1.29, 1.82) is 0 Å². The van der Waals surface area contributed by atoms with Gasteiger partial charge in [-0.05, 0) is 42.4 Å². The normalized spacial score (nSPS) is 31.5. The summed E-state index contributed by atoms with van der Waals surface area (Å²) in [6, 6.07) is 2.86. The van der Waals surface area contributed by atoms with Gasteiger partial charge in [0.15, 0.2) is 34.7 Å². The molecule has 32 heavy (non-hydrogen) atoms. The minimum Gasteiger partial charge on any atom is -0.507 e. The molecule has 2 amide bonds. The number of phenolic OH excluding ortho intramolecular Hbond substituents is 1. The molecule has 0 heterocycles. The third kappa shape index (κ3) is 2.97. The number of hydrogen-bond donors (Lipinski definition) is 4. The Morgan fingerprint density at radius 2 is 1.75 bits per heavy atom. The van der Waals surface area contributed by atoms with Gasteiger partial charge in [-0.3, -0.25) is 28.8 Å². The number of phenols is 1. The highest BCUT2D eigenvalue weighted by atomic mass is 16.3. The van der Waals surface area contributed by atoms with E-state index in [0.29, 0.717) is 11.1 Å². The number of nitrogens with two attached hydrogens (primary N) is 2. The Morgan fingerprint density at radius 1 is 1.06 bits per heavy atom. The summed E-state index contributed by atoms with van der Waals surface area (Å²) >= 11 is 0. The molecule has 1 aromatic carbocycles. The molecule has 4 rings (SSSR count). The van der Waals surface area contributed by atoms with Crippen molar-refractivity contribution in [2.75, 3.05) is 0 Å². The van der Waals surface area contributed by atoms with Crippen LogP contribution in [0.5, 0.6) is 5.75 Å². The number of fused-ring (bicyclic) bond motifs is 3. The zero-order chi connectivity index (χ0) is 23.5. The predicted molar refractivity (Wildman–Crippen MR) is 106 cm³/mol. The first-order valence-electron chi connectivity index (χ1n) is 10.3. The molecule has 2 fully saturated rings. The van der Waals surface area contributed by atoms with Gasteiger partial charge in [0.05, 0.1) is 11.5 Å². The van der Waals surface area contributed by atoms with Crippen molar-refractivity contribution in [2.24, 2.45) is 35.1 Å². The van der Waals surface area contributed by atoms with E-state index < -0.39 is 64.2 Å². The molecular weight excluding hydrogens is 420 g/mol. The number of carbonyl (C=O) groups is 6. The molecule has 0 aliphatic heterocycles. The van der Waals surface area contributed by atoms with Gasteiger partial charge in [0.2, 0.25) is 11.8 Å². The lowest BCUT2D eigenvalue weighted by Gasteiger charge is -2.48. The van der Waals surface area contributed by atoms with Crippen LogP contribution in [0.4, 0.5) is 0 Å². The number of amides is 2. The highest BCUT2D eigenvalue weighted by Gasteiger charge is 2.66. The van der Waals surface area contributed by atoms with Crippen molar-refractivity contribution in [3.05, 3.63) is 28.8 Å². The van der Waals surface area contributed by atoms with Gasteiger partial charge in [-0.25, -0.2) is 0 Å². The van der Waals surface area contributed by atoms with Crippen LogP contribution in [0.25, 0.3) is 0 Å². The molecule has 0 bridgehead atoms. The van der Waals surface area contributed by atoms with Crippen molar-refractivity contribution in [1.82, 2.24) is 0 Å². The molecule has 2 unspecified atom stereocenters. The van der Waals surface area contributed by atoms with Gasteiger partial charge in [0.25, 0.3) is 0 Å². The quantitative estimate of drug-likeness (QED) is 0.415. The number of rotatable bonds is 4. The highest BCUT2D eigenvalue weighted by molar-refractivity contribution is 6.31. The van der Waals surface area contributed by atoms with Crippen LogP contribution in [0.2, 0.25) is 0 Å². The minimum absolute atomic E-state index is 0.0198. The van der Waals surface area contributed by atoms with Crippen LogP contribution in [0, 0.1) is 23.7 Å². The van der Waals surface area contributed by atoms with Crippen molar-refractivity contribution in [3.63, 3.8) is 0 Å². The molecule has 0 radical (unpaired) electrons. The fraction of sp³-hybridized carbons (Fsp3) is 0.455. The largest absolute Gasteiger partial charge is 0.507 e. The summed E-state index contributed by atoms with van der Waals surface area (Å²) in [6.45, 7) is 0. The van der Waals surface area contributed by atoms with Gasteiger partial charge in [0.1, 0.15) is 5.75 Å². The molecule has 10 heteroatoms. The standard InChI is InChI=1S/C22H22N2O8/c23-14(27)4-2-8-1-3-12(25)16-11(8)6-9-5-10-7-13(26)17(21(24)31)20(30)22(10,32)19(29)15(9)18(16)28/h1,3,9-10,15,17,25,32H,2,4-7H2,(H2,23,27)(H2,24,31)/t9-,10+,15?,17?,22+/m1/s1. The van der Waals surface area contributed by atoms with E-state index >= 15 is 0 Å². The van der Waals surface area contributed by atoms with E-state index in [9.17, 15) is 39.0 Å². The number of Topliss-reactive ketones (excluding diaryl/α,β-unsaturated/α-hetero) is 4. The Labute approximate surface area is 181 Å². The lowest BCUT2D eigenvalue weighted by molar-refractivity contribution is -0.175. The molecule has 2 saturated carbocycles. The van der Waals surface area contributed by atoms with Crippen molar-refractivity contribution >= 4 is 34.9 Å². The van der Waals surface area contributed by atoms with E-state index in [0.717, 1.165) is 0 Å². The predicted octanol–water partition coefficient (Wildman–Crippen LogP) is -1.26. The van der Waals surface area contributed by atoms with Crippen LogP contribution >= 0.6 is 0 Å². The summed E-state index contributed by atoms with van der Waals surface area (Å²) < 4.78 is 0. The van der Waals surface area contributed by atoms with Gasteiger partial charge < -0.3 is 21.7 Å². The van der Waals surface area contributed by atoms with Crippen LogP contribution in [0.3, 0.4) is 0 Å². The number of aliphatic hydroxyl groups is 1. The van der Waals surface area contributed by atoms with Crippen LogP contribution in [-0.2, 0) is 36.8 Å². The lowest BCUT2D eigenvalue weighted by atomic mass is 9.53. The van der Waals surface area contributed by atoms with Crippen molar-refractivity contribution in [2.45, 2.75) is 37.7 Å². The summed E-state index contributed by atoms with van der Waals surface area (Å²) in [7, 11) is 0. The zero-order valence-corrected chi connectivity index (χ0v) is 17.0. The van der Waals surface area contributed by atoms with Crippen molar-refractivity contribution in [3.8, 4) is 5.75 Å². The molecule has 5 atom stereocenters. The molecule has 3 aliphatic rings. The lowest BCUT2D eigenvalue weighted by Crippen LogP contribution is -2.68. The average molecular weight is 442 g/mol. The maximum atomic E-state index is 13.3. The monoisotopic (exact) mass is 442 g/mol. The molecule has 0 saturated heterocycles. The number of aryl methyl sites for hydroxylation is 1. The Balaban J connectivity index is 1.77. The molecule has 3 aliphatic carbocycles. The van der Waals surface area contributed by atoms with E-state index in [1.165, 1.54) is 6.07 Å². The number of aromatic hydroxyl groups is 1. The minimum atomic E-state index is -2.67. The first-order valence-corrected chi connectivity index (χ1v) is 10.3. The number of ketones is 4. The van der Waals surface area contributed by atoms with E-state index in [2.05, 4.69) is 0 Å². The summed E-state index contributed by atoms with van der Waals surface area (Å²) in [5.41, 5.74) is 8.72. The van der Waals surface area contributed by atoms with E-state index in [1.807, 2.05) is 0 Å². The third-order valence-electron chi connectivity index (χ3n) is 7.02. The summed E-state index contributed by atoms with van der Waals surface area (Å²) in [4.78, 5) is 74.7. The van der Waals surface area contributed by atoms with Gasteiger partial charge in [-0.2, -0.15) is 0 Å². The third-order valence-corrected chi connectivity index (χ3v) is 7.02. The molecule has 0 spiro atoms. The second kappa shape index (κ2) is 7.33. The molecule has 1 aromatic rings. The van der Waals surface area contributed by atoms with Gasteiger partial charge >= 0.3 is 0 Å². The van der Waals surface area contributed by atoms with Gasteiger partial charge in [0, 0.05) is 18.8 Å². The number of hydrogen-bond acceptors (Lipinski definition) is 8. The Morgan fingerprint density at radius 3 is 2.38 bits per heavy atom. The smallest absolute Gasteiger partial charge is 0.235 e. The SMILES string of the molecule is NC(=O)CCc1ccc(O)c2c1C[C@H]1C[C@H]3CC(=O)C(C(N)=O)C(=O)[C@@]3(O)C(=O)C1C2=O. The molecule has 10 nitrogen and oxygen atoms in total.